The fraction of sp³-hybridized carbons (Fsp3) is 0.294. The standard InChI is InChI=1S/C17H19ClFNO/c1-3-20-12(2)15-5-4-6-16(19)17(15)21-11-13-7-9-14(18)10-8-13/h4-10,12,20H,3,11H2,1-2H3. The van der Waals surface area contributed by atoms with E-state index in [2.05, 4.69) is 5.32 Å². The van der Waals surface area contributed by atoms with Gasteiger partial charge in [-0.15, -0.1) is 0 Å². The smallest absolute Gasteiger partial charge is 0.165 e. The van der Waals surface area contributed by atoms with Gasteiger partial charge in [0.2, 0.25) is 0 Å². The zero-order chi connectivity index (χ0) is 15.2. The van der Waals surface area contributed by atoms with Crippen molar-refractivity contribution in [1.82, 2.24) is 5.32 Å². The van der Waals surface area contributed by atoms with E-state index < -0.39 is 0 Å². The van der Waals surface area contributed by atoms with E-state index in [9.17, 15) is 4.39 Å². The minimum Gasteiger partial charge on any atom is -0.485 e. The molecule has 4 heteroatoms. The van der Waals surface area contributed by atoms with Crippen LogP contribution in [0.1, 0.15) is 31.0 Å². The molecule has 2 aromatic carbocycles. The highest BCUT2D eigenvalue weighted by atomic mass is 35.5. The number of hydrogen-bond donors (Lipinski definition) is 1. The second-order valence-corrected chi connectivity index (χ2v) is 5.29. The summed E-state index contributed by atoms with van der Waals surface area (Å²) in [5.41, 5.74) is 1.77. The van der Waals surface area contributed by atoms with Crippen LogP contribution in [0, 0.1) is 5.82 Å². The summed E-state index contributed by atoms with van der Waals surface area (Å²) in [5.74, 6) is -0.0351. The fourth-order valence-electron chi connectivity index (χ4n) is 2.17. The number of ether oxygens (including phenoxy) is 1. The van der Waals surface area contributed by atoms with Gasteiger partial charge in [0.25, 0.3) is 0 Å². The molecule has 2 aromatic rings. The monoisotopic (exact) mass is 307 g/mol. The van der Waals surface area contributed by atoms with Crippen molar-refractivity contribution in [2.75, 3.05) is 6.54 Å². The van der Waals surface area contributed by atoms with Crippen molar-refractivity contribution in [2.45, 2.75) is 26.5 Å². The summed E-state index contributed by atoms with van der Waals surface area (Å²) in [6.07, 6.45) is 0. The lowest BCUT2D eigenvalue weighted by Gasteiger charge is -2.18. The zero-order valence-corrected chi connectivity index (χ0v) is 13.0. The van der Waals surface area contributed by atoms with Crippen LogP contribution < -0.4 is 10.1 Å². The van der Waals surface area contributed by atoms with Gasteiger partial charge in [-0.05, 0) is 37.2 Å². The van der Waals surface area contributed by atoms with Gasteiger partial charge in [0.05, 0.1) is 0 Å². The number of nitrogens with one attached hydrogen (secondary N) is 1. The van der Waals surface area contributed by atoms with Crippen LogP contribution in [0.15, 0.2) is 42.5 Å². The largest absolute Gasteiger partial charge is 0.485 e. The molecule has 0 heterocycles. The van der Waals surface area contributed by atoms with Crippen LogP contribution >= 0.6 is 11.6 Å². The summed E-state index contributed by atoms with van der Waals surface area (Å²) in [6, 6.07) is 12.4. The number of halogens is 2. The lowest BCUT2D eigenvalue weighted by Crippen LogP contribution is -2.19. The molecule has 0 fully saturated rings. The van der Waals surface area contributed by atoms with Crippen LogP contribution in [-0.2, 0) is 6.61 Å². The van der Waals surface area contributed by atoms with Crippen molar-refractivity contribution < 1.29 is 9.13 Å². The quantitative estimate of drug-likeness (QED) is 0.833. The molecule has 0 saturated carbocycles. The Morgan fingerprint density at radius 1 is 1.19 bits per heavy atom. The van der Waals surface area contributed by atoms with Gasteiger partial charge in [0, 0.05) is 16.6 Å². The predicted octanol–water partition coefficient (Wildman–Crippen LogP) is 4.73. The van der Waals surface area contributed by atoms with Crippen LogP contribution in [0.4, 0.5) is 4.39 Å². The zero-order valence-electron chi connectivity index (χ0n) is 12.2. The molecule has 0 saturated heterocycles. The second-order valence-electron chi connectivity index (χ2n) is 4.85. The summed E-state index contributed by atoms with van der Waals surface area (Å²) in [7, 11) is 0. The third-order valence-corrected chi connectivity index (χ3v) is 3.52. The molecule has 112 valence electrons. The van der Waals surface area contributed by atoms with Gasteiger partial charge in [-0.3, -0.25) is 0 Å². The first-order valence-electron chi connectivity index (χ1n) is 7.01. The molecule has 0 amide bonds. The van der Waals surface area contributed by atoms with Crippen LogP contribution in [0.25, 0.3) is 0 Å². The Morgan fingerprint density at radius 2 is 1.90 bits per heavy atom. The van der Waals surface area contributed by atoms with Gasteiger partial charge in [0.1, 0.15) is 6.61 Å². The van der Waals surface area contributed by atoms with Crippen molar-refractivity contribution in [2.24, 2.45) is 0 Å². The minimum atomic E-state index is -0.341. The first-order valence-corrected chi connectivity index (χ1v) is 7.38. The van der Waals surface area contributed by atoms with Crippen LogP contribution in [-0.4, -0.2) is 6.54 Å². The van der Waals surface area contributed by atoms with Gasteiger partial charge in [-0.2, -0.15) is 0 Å². The molecular formula is C17H19ClFNO. The van der Waals surface area contributed by atoms with Crippen LogP contribution in [0.5, 0.6) is 5.75 Å². The van der Waals surface area contributed by atoms with E-state index in [-0.39, 0.29) is 11.9 Å². The van der Waals surface area contributed by atoms with E-state index in [1.807, 2.05) is 32.0 Å². The van der Waals surface area contributed by atoms with Crippen molar-refractivity contribution in [3.05, 3.63) is 64.4 Å². The fourth-order valence-corrected chi connectivity index (χ4v) is 2.30. The maximum absolute atomic E-state index is 14.0. The predicted molar refractivity (Wildman–Crippen MR) is 84.3 cm³/mol. The Kier molecular flexibility index (Phi) is 5.59. The first kappa shape index (κ1) is 15.8. The highest BCUT2D eigenvalue weighted by molar-refractivity contribution is 6.30. The van der Waals surface area contributed by atoms with Crippen LogP contribution in [0.3, 0.4) is 0 Å². The number of rotatable bonds is 6. The van der Waals surface area contributed by atoms with E-state index in [1.165, 1.54) is 6.07 Å². The van der Waals surface area contributed by atoms with E-state index in [0.29, 0.717) is 17.4 Å². The summed E-state index contributed by atoms with van der Waals surface area (Å²) < 4.78 is 19.7. The summed E-state index contributed by atoms with van der Waals surface area (Å²) in [5, 5.41) is 3.94. The van der Waals surface area contributed by atoms with Gasteiger partial charge >= 0.3 is 0 Å². The molecule has 1 atom stereocenters. The third-order valence-electron chi connectivity index (χ3n) is 3.27. The van der Waals surface area contributed by atoms with E-state index in [1.54, 1.807) is 18.2 Å². The topological polar surface area (TPSA) is 21.3 Å². The minimum absolute atomic E-state index is 0.0333. The molecule has 0 aliphatic rings. The maximum atomic E-state index is 14.0. The molecule has 1 N–H and O–H groups in total. The average molecular weight is 308 g/mol. The summed E-state index contributed by atoms with van der Waals surface area (Å²) in [4.78, 5) is 0. The van der Waals surface area contributed by atoms with Gasteiger partial charge in [-0.1, -0.05) is 42.8 Å². The molecule has 0 aliphatic carbocycles. The Balaban J connectivity index is 2.16. The summed E-state index contributed by atoms with van der Waals surface area (Å²) in [6.45, 7) is 5.13. The van der Waals surface area contributed by atoms with Crippen LogP contribution in [0.2, 0.25) is 5.02 Å². The highest BCUT2D eigenvalue weighted by Crippen LogP contribution is 2.29. The number of hydrogen-bond acceptors (Lipinski definition) is 2. The molecule has 1 unspecified atom stereocenters. The molecule has 0 aromatic heterocycles. The van der Waals surface area contributed by atoms with Crippen molar-refractivity contribution >= 4 is 11.6 Å². The Morgan fingerprint density at radius 3 is 2.57 bits per heavy atom. The number of benzene rings is 2. The van der Waals surface area contributed by atoms with E-state index in [4.69, 9.17) is 16.3 Å². The molecule has 0 spiro atoms. The average Bonchev–Trinajstić information content (AvgIpc) is 2.47. The van der Waals surface area contributed by atoms with E-state index >= 15 is 0 Å². The molecule has 2 nitrogen and oxygen atoms in total. The third kappa shape index (κ3) is 4.19. The first-order chi connectivity index (χ1) is 10.1. The molecule has 0 bridgehead atoms. The highest BCUT2D eigenvalue weighted by Gasteiger charge is 2.15. The lowest BCUT2D eigenvalue weighted by molar-refractivity contribution is 0.284. The van der Waals surface area contributed by atoms with Gasteiger partial charge in [0.15, 0.2) is 11.6 Å². The normalized spacial score (nSPS) is 12.2. The van der Waals surface area contributed by atoms with Crippen molar-refractivity contribution in [3.63, 3.8) is 0 Å². The number of para-hydroxylation sites is 1. The van der Waals surface area contributed by atoms with Gasteiger partial charge < -0.3 is 10.1 Å². The SMILES string of the molecule is CCNC(C)c1cccc(F)c1OCc1ccc(Cl)cc1. The Hall–Kier alpha value is -1.58. The maximum Gasteiger partial charge on any atom is 0.165 e. The Labute approximate surface area is 129 Å². The Bertz CT molecular complexity index is 586. The molecular weight excluding hydrogens is 289 g/mol. The second kappa shape index (κ2) is 7.43. The van der Waals surface area contributed by atoms with Gasteiger partial charge in [-0.25, -0.2) is 4.39 Å². The van der Waals surface area contributed by atoms with E-state index in [0.717, 1.165) is 17.7 Å². The van der Waals surface area contributed by atoms with Crippen molar-refractivity contribution in [1.29, 1.82) is 0 Å². The summed E-state index contributed by atoms with van der Waals surface area (Å²) >= 11 is 5.85. The molecule has 2 rings (SSSR count). The molecule has 0 radical (unpaired) electrons. The lowest BCUT2D eigenvalue weighted by atomic mass is 10.1. The molecule has 0 aliphatic heterocycles. The van der Waals surface area contributed by atoms with Crippen molar-refractivity contribution in [3.8, 4) is 5.75 Å². The molecule has 21 heavy (non-hydrogen) atoms.